The van der Waals surface area contributed by atoms with Gasteiger partial charge < -0.3 is 4.98 Å². The number of nitro benzene ring substituents is 1. The van der Waals surface area contributed by atoms with E-state index in [0.717, 1.165) is 12.1 Å². The van der Waals surface area contributed by atoms with Crippen molar-refractivity contribution in [2.75, 3.05) is 6.54 Å². The number of non-ortho nitro benzene ring substituents is 1. The highest BCUT2D eigenvalue weighted by Crippen LogP contribution is 2.21. The van der Waals surface area contributed by atoms with Gasteiger partial charge in [-0.3, -0.25) is 24.8 Å². The predicted molar refractivity (Wildman–Crippen MR) is 83.1 cm³/mol. The molecule has 2 heterocycles. The van der Waals surface area contributed by atoms with E-state index < -0.39 is 10.7 Å². The van der Waals surface area contributed by atoms with Gasteiger partial charge in [-0.1, -0.05) is 0 Å². The molecular formula is C14H13FN4O3S. The number of nitrogens with zero attached hydrogens (tertiary/aromatic N) is 2. The van der Waals surface area contributed by atoms with Crippen molar-refractivity contribution in [1.82, 2.24) is 14.9 Å². The molecule has 120 valence electrons. The fourth-order valence-electron chi connectivity index (χ4n) is 2.70. The molecular weight excluding hydrogens is 323 g/mol. The summed E-state index contributed by atoms with van der Waals surface area (Å²) in [5, 5.41) is 10.8. The molecule has 0 spiro atoms. The quantitative estimate of drug-likeness (QED) is 0.508. The van der Waals surface area contributed by atoms with E-state index in [9.17, 15) is 19.3 Å². The lowest BCUT2D eigenvalue weighted by molar-refractivity contribution is -0.385. The Morgan fingerprint density at radius 2 is 2.17 bits per heavy atom. The van der Waals surface area contributed by atoms with Crippen LogP contribution in [0.25, 0.3) is 0 Å². The van der Waals surface area contributed by atoms with Crippen LogP contribution in [0.2, 0.25) is 0 Å². The first-order valence-corrected chi connectivity index (χ1v) is 7.34. The molecule has 2 aromatic rings. The van der Waals surface area contributed by atoms with E-state index in [-0.39, 0.29) is 28.1 Å². The van der Waals surface area contributed by atoms with Gasteiger partial charge in [0.25, 0.3) is 11.2 Å². The minimum atomic E-state index is -0.550. The number of aromatic amines is 2. The van der Waals surface area contributed by atoms with Crippen molar-refractivity contribution in [1.29, 1.82) is 0 Å². The van der Waals surface area contributed by atoms with Gasteiger partial charge in [0.05, 0.1) is 4.92 Å². The Labute approximate surface area is 134 Å². The van der Waals surface area contributed by atoms with E-state index in [1.54, 1.807) is 0 Å². The number of benzene rings is 1. The van der Waals surface area contributed by atoms with Crippen molar-refractivity contribution >= 4 is 17.9 Å². The normalized spacial score (nSPS) is 14.5. The molecule has 3 rings (SSSR count). The number of H-pyrrole nitrogens is 2. The summed E-state index contributed by atoms with van der Waals surface area (Å²) in [5.41, 5.74) is 1.26. The average molecular weight is 336 g/mol. The maximum Gasteiger partial charge on any atom is 0.269 e. The van der Waals surface area contributed by atoms with Crippen molar-refractivity contribution in [2.45, 2.75) is 19.5 Å². The van der Waals surface area contributed by atoms with Gasteiger partial charge in [0.2, 0.25) is 0 Å². The number of halogens is 1. The lowest BCUT2D eigenvalue weighted by atomic mass is 10.1. The Kier molecular flexibility index (Phi) is 4.05. The number of nitrogens with one attached hydrogen (secondary N) is 2. The zero-order chi connectivity index (χ0) is 16.6. The fraction of sp³-hybridized carbons (Fsp3) is 0.286. The molecule has 0 amide bonds. The largest absolute Gasteiger partial charge is 0.334 e. The van der Waals surface area contributed by atoms with Crippen LogP contribution < -0.4 is 5.56 Å². The standard InChI is InChI=1S/C14H13FN4O3S/c15-11-2-1-9(19(21)22)5-8(11)6-18-4-3-10-12(7-18)16-14(23)17-13(10)20/h1-2,5H,3-4,6-7H2,(H2,16,17,20,23). The third-order valence-electron chi connectivity index (χ3n) is 3.82. The number of nitro groups is 1. The van der Waals surface area contributed by atoms with E-state index in [4.69, 9.17) is 12.2 Å². The molecule has 0 fully saturated rings. The van der Waals surface area contributed by atoms with Crippen LogP contribution >= 0.6 is 12.2 Å². The smallest absolute Gasteiger partial charge is 0.269 e. The average Bonchev–Trinajstić information content (AvgIpc) is 2.48. The SMILES string of the molecule is O=c1[nH]c(=S)[nH]c2c1CCN(Cc1cc([N+](=O)[O-])ccc1F)C2. The topological polar surface area (TPSA) is 95.0 Å². The van der Waals surface area contributed by atoms with Crippen molar-refractivity contribution in [3.8, 4) is 0 Å². The van der Waals surface area contributed by atoms with Crippen molar-refractivity contribution in [3.05, 3.63) is 66.1 Å². The predicted octanol–water partition coefficient (Wildman–Crippen LogP) is 2.04. The van der Waals surface area contributed by atoms with Gasteiger partial charge in [0.15, 0.2) is 4.77 Å². The van der Waals surface area contributed by atoms with E-state index in [1.807, 2.05) is 4.90 Å². The lowest BCUT2D eigenvalue weighted by Gasteiger charge is -2.27. The summed E-state index contributed by atoms with van der Waals surface area (Å²) in [7, 11) is 0. The number of rotatable bonds is 3. The van der Waals surface area contributed by atoms with Crippen LogP contribution in [-0.2, 0) is 19.5 Å². The van der Waals surface area contributed by atoms with Crippen LogP contribution in [0.15, 0.2) is 23.0 Å². The Balaban J connectivity index is 1.85. The molecule has 0 saturated heterocycles. The second kappa shape index (κ2) is 6.01. The summed E-state index contributed by atoms with van der Waals surface area (Å²) in [4.78, 5) is 29.5. The maximum atomic E-state index is 13.9. The molecule has 1 aliphatic rings. The second-order valence-corrected chi connectivity index (χ2v) is 5.77. The molecule has 7 nitrogen and oxygen atoms in total. The summed E-state index contributed by atoms with van der Waals surface area (Å²) >= 11 is 4.96. The minimum absolute atomic E-state index is 0.144. The first-order valence-electron chi connectivity index (χ1n) is 6.93. The van der Waals surface area contributed by atoms with Crippen LogP contribution in [0.1, 0.15) is 16.8 Å². The summed E-state index contributed by atoms with van der Waals surface area (Å²) < 4.78 is 14.1. The third-order valence-corrected chi connectivity index (χ3v) is 4.03. The van der Waals surface area contributed by atoms with Crippen LogP contribution in [0.3, 0.4) is 0 Å². The van der Waals surface area contributed by atoms with E-state index in [0.29, 0.717) is 30.8 Å². The van der Waals surface area contributed by atoms with Gasteiger partial charge in [-0.25, -0.2) is 4.39 Å². The van der Waals surface area contributed by atoms with Crippen molar-refractivity contribution in [3.63, 3.8) is 0 Å². The maximum absolute atomic E-state index is 13.9. The van der Waals surface area contributed by atoms with Crippen LogP contribution in [-0.4, -0.2) is 26.3 Å². The van der Waals surface area contributed by atoms with Gasteiger partial charge in [-0.2, -0.15) is 0 Å². The highest BCUT2D eigenvalue weighted by Gasteiger charge is 2.21. The first-order chi connectivity index (χ1) is 10.9. The minimum Gasteiger partial charge on any atom is -0.334 e. The zero-order valence-corrected chi connectivity index (χ0v) is 12.8. The van der Waals surface area contributed by atoms with E-state index >= 15 is 0 Å². The summed E-state index contributed by atoms with van der Waals surface area (Å²) in [5.74, 6) is -0.486. The van der Waals surface area contributed by atoms with Crippen LogP contribution in [0.5, 0.6) is 0 Å². The van der Waals surface area contributed by atoms with Gasteiger partial charge >= 0.3 is 0 Å². The molecule has 0 aliphatic carbocycles. The van der Waals surface area contributed by atoms with Gasteiger partial charge in [0, 0.05) is 48.6 Å². The third kappa shape index (κ3) is 3.20. The van der Waals surface area contributed by atoms with Crippen molar-refractivity contribution in [2.24, 2.45) is 0 Å². The molecule has 0 radical (unpaired) electrons. The molecule has 0 unspecified atom stereocenters. The highest BCUT2D eigenvalue weighted by atomic mass is 32.1. The Morgan fingerprint density at radius 3 is 2.91 bits per heavy atom. The zero-order valence-electron chi connectivity index (χ0n) is 12.0. The summed E-state index contributed by atoms with van der Waals surface area (Å²) in [6.45, 7) is 1.19. The van der Waals surface area contributed by atoms with Crippen LogP contribution in [0.4, 0.5) is 10.1 Å². The van der Waals surface area contributed by atoms with E-state index in [2.05, 4.69) is 9.97 Å². The highest BCUT2D eigenvalue weighted by molar-refractivity contribution is 7.71. The number of fused-ring (bicyclic) bond motifs is 1. The molecule has 1 aromatic heterocycles. The number of aromatic nitrogens is 2. The molecule has 23 heavy (non-hydrogen) atoms. The lowest BCUT2D eigenvalue weighted by Crippen LogP contribution is -2.35. The van der Waals surface area contributed by atoms with Gasteiger partial charge in [-0.05, 0) is 24.7 Å². The Hall–Kier alpha value is -2.39. The summed E-state index contributed by atoms with van der Waals surface area (Å²) in [6, 6.07) is 3.48. The molecule has 0 saturated carbocycles. The second-order valence-electron chi connectivity index (χ2n) is 5.36. The molecule has 1 aliphatic heterocycles. The van der Waals surface area contributed by atoms with E-state index in [1.165, 1.54) is 6.07 Å². The molecule has 0 bridgehead atoms. The van der Waals surface area contributed by atoms with Gasteiger partial charge in [-0.15, -0.1) is 0 Å². The Bertz CT molecular complexity index is 892. The number of hydrogen-bond acceptors (Lipinski definition) is 5. The molecule has 2 N–H and O–H groups in total. The summed E-state index contributed by atoms with van der Waals surface area (Å²) in [6.07, 6.45) is 0.507. The monoisotopic (exact) mass is 336 g/mol. The van der Waals surface area contributed by atoms with Crippen molar-refractivity contribution < 1.29 is 9.31 Å². The molecule has 0 atom stereocenters. The fourth-order valence-corrected chi connectivity index (χ4v) is 2.92. The molecule has 1 aromatic carbocycles. The number of hydrogen-bond donors (Lipinski definition) is 2. The Morgan fingerprint density at radius 1 is 1.39 bits per heavy atom. The first kappa shape index (κ1) is 15.5. The van der Waals surface area contributed by atoms with Crippen LogP contribution in [0, 0.1) is 20.7 Å². The molecule has 9 heteroatoms. The van der Waals surface area contributed by atoms with Gasteiger partial charge in [0.1, 0.15) is 5.82 Å².